The van der Waals surface area contributed by atoms with E-state index in [9.17, 15) is 19.5 Å². The van der Waals surface area contributed by atoms with Crippen LogP contribution in [0.2, 0.25) is 0 Å². The monoisotopic (exact) mass is 487 g/mol. The van der Waals surface area contributed by atoms with Crippen molar-refractivity contribution in [1.29, 1.82) is 0 Å². The van der Waals surface area contributed by atoms with Gasteiger partial charge in [-0.2, -0.15) is 0 Å². The highest BCUT2D eigenvalue weighted by Gasteiger charge is 2.84. The summed E-state index contributed by atoms with van der Waals surface area (Å²) in [7, 11) is 0. The Hall–Kier alpha value is -1.73. The number of aliphatic carboxylic acids is 1. The van der Waals surface area contributed by atoms with Crippen LogP contribution in [0.3, 0.4) is 0 Å². The Labute approximate surface area is 208 Å². The van der Waals surface area contributed by atoms with Crippen molar-refractivity contribution in [3.63, 3.8) is 0 Å². The lowest BCUT2D eigenvalue weighted by molar-refractivity contribution is -0.235. The number of fused-ring (bicyclic) bond motifs is 2. The lowest BCUT2D eigenvalue weighted by atomic mass is 9.43. The van der Waals surface area contributed by atoms with Crippen LogP contribution >= 0.6 is 0 Å². The summed E-state index contributed by atoms with van der Waals surface area (Å²) < 4.78 is 12.5. The zero-order chi connectivity index (χ0) is 25.3. The number of carboxylic acids is 1. The van der Waals surface area contributed by atoms with E-state index in [1.165, 1.54) is 0 Å². The molecule has 1 N–H and O–H groups in total. The summed E-state index contributed by atoms with van der Waals surface area (Å²) in [6.07, 6.45) is 6.23. The van der Waals surface area contributed by atoms with Crippen LogP contribution in [0, 0.1) is 45.8 Å². The zero-order valence-corrected chi connectivity index (χ0v) is 21.8. The standard InChI is InChI=1S/C28H41NO6/c1-6-23(31)29-12-18(5)35-24(13-29)34-15-27-11-20-17(4)7-8-21(20)26(14-30)10-19(27)9-22(16(2)3)28(26,27)25(32)33/h9,14,16-21,24H,6-8,10-13,15H2,1-5H3,(H,32,33)/t17-,18-,19?,20?,21?,24-,26+,27?,28?/m1/s1. The minimum absolute atomic E-state index is 0.00612. The fourth-order valence-electron chi connectivity index (χ4n) is 9.31. The molecule has 7 nitrogen and oxygen atoms in total. The van der Waals surface area contributed by atoms with Crippen molar-refractivity contribution in [2.24, 2.45) is 45.8 Å². The minimum atomic E-state index is -1.25. The average molecular weight is 488 g/mol. The molecule has 0 aromatic rings. The van der Waals surface area contributed by atoms with E-state index in [4.69, 9.17) is 9.47 Å². The highest BCUT2D eigenvalue weighted by Crippen LogP contribution is 2.82. The highest BCUT2D eigenvalue weighted by molar-refractivity contribution is 5.90. The minimum Gasteiger partial charge on any atom is -0.481 e. The predicted octanol–water partition coefficient (Wildman–Crippen LogP) is 3.91. The van der Waals surface area contributed by atoms with Crippen molar-refractivity contribution in [2.45, 2.75) is 79.1 Å². The molecule has 3 saturated carbocycles. The highest BCUT2D eigenvalue weighted by atomic mass is 16.7. The second-order valence-corrected chi connectivity index (χ2v) is 12.3. The number of carbonyl (C=O) groups is 3. The van der Waals surface area contributed by atoms with Crippen molar-refractivity contribution < 1.29 is 29.0 Å². The van der Waals surface area contributed by atoms with Gasteiger partial charge in [0.15, 0.2) is 6.29 Å². The Morgan fingerprint density at radius 1 is 1.26 bits per heavy atom. The molecule has 0 spiro atoms. The normalized spacial score (nSPS) is 46.0. The molecule has 7 heteroatoms. The van der Waals surface area contributed by atoms with Crippen molar-refractivity contribution in [3.05, 3.63) is 11.6 Å². The van der Waals surface area contributed by atoms with Gasteiger partial charge in [-0.1, -0.05) is 45.8 Å². The first-order valence-corrected chi connectivity index (χ1v) is 13.5. The summed E-state index contributed by atoms with van der Waals surface area (Å²) in [6, 6.07) is 0. The first kappa shape index (κ1) is 24.9. The van der Waals surface area contributed by atoms with Crippen molar-refractivity contribution >= 4 is 18.2 Å². The largest absolute Gasteiger partial charge is 0.481 e. The molecule has 0 aromatic heterocycles. The second-order valence-electron chi connectivity index (χ2n) is 12.3. The molecule has 5 aliphatic rings. The number of nitrogens with zero attached hydrogens (tertiary/aromatic N) is 1. The third kappa shape index (κ3) is 3.06. The van der Waals surface area contributed by atoms with Gasteiger partial charge in [0.1, 0.15) is 11.7 Å². The van der Waals surface area contributed by atoms with Crippen LogP contribution in [0.25, 0.3) is 0 Å². The molecule has 4 aliphatic carbocycles. The Kier molecular flexibility index (Phi) is 5.99. The fourth-order valence-corrected chi connectivity index (χ4v) is 9.31. The van der Waals surface area contributed by atoms with Crippen LogP contribution in [0.15, 0.2) is 11.6 Å². The Bertz CT molecular complexity index is 946. The maximum Gasteiger partial charge on any atom is 0.315 e. The van der Waals surface area contributed by atoms with Gasteiger partial charge in [-0.25, -0.2) is 0 Å². The quantitative estimate of drug-likeness (QED) is 0.432. The molecule has 1 amide bonds. The van der Waals surface area contributed by atoms with E-state index in [2.05, 4.69) is 26.8 Å². The van der Waals surface area contributed by atoms with Gasteiger partial charge in [-0.15, -0.1) is 0 Å². The number of rotatable bonds is 7. The SMILES string of the molecule is CCC(=O)N1C[C@H](OCC23CC4C(CC[C@H]4C)[C@@]4(C=O)CC2C=C(C(C)C)C34C(=O)O)O[C@H](C)C1. The van der Waals surface area contributed by atoms with E-state index in [1.54, 1.807) is 4.90 Å². The molecular formula is C28H41NO6. The molecule has 0 radical (unpaired) electrons. The number of amides is 1. The van der Waals surface area contributed by atoms with Gasteiger partial charge in [0.25, 0.3) is 0 Å². The molecular weight excluding hydrogens is 446 g/mol. The molecule has 5 unspecified atom stereocenters. The molecule has 35 heavy (non-hydrogen) atoms. The van der Waals surface area contributed by atoms with E-state index in [1.807, 2.05) is 13.8 Å². The van der Waals surface area contributed by atoms with E-state index in [-0.39, 0.29) is 36.4 Å². The first-order valence-electron chi connectivity index (χ1n) is 13.5. The zero-order valence-electron chi connectivity index (χ0n) is 21.8. The molecule has 5 rings (SSSR count). The van der Waals surface area contributed by atoms with E-state index in [0.717, 1.165) is 31.1 Å². The second kappa shape index (κ2) is 8.41. The number of hydrogen-bond donors (Lipinski definition) is 1. The van der Waals surface area contributed by atoms with Gasteiger partial charge in [-0.05, 0) is 55.8 Å². The summed E-state index contributed by atoms with van der Waals surface area (Å²) in [5.41, 5.74) is -1.90. The van der Waals surface area contributed by atoms with Gasteiger partial charge in [-0.3, -0.25) is 9.59 Å². The maximum atomic E-state index is 13.5. The smallest absolute Gasteiger partial charge is 0.315 e. The van der Waals surface area contributed by atoms with Crippen LogP contribution in [0.5, 0.6) is 0 Å². The van der Waals surface area contributed by atoms with Crippen molar-refractivity contribution in [1.82, 2.24) is 4.90 Å². The lowest BCUT2D eigenvalue weighted by Crippen LogP contribution is -2.64. The van der Waals surface area contributed by atoms with Crippen LogP contribution in [0.4, 0.5) is 0 Å². The van der Waals surface area contributed by atoms with E-state index in [0.29, 0.717) is 37.8 Å². The van der Waals surface area contributed by atoms with E-state index >= 15 is 0 Å². The van der Waals surface area contributed by atoms with Gasteiger partial charge in [0.2, 0.25) is 5.91 Å². The van der Waals surface area contributed by atoms with E-state index < -0.39 is 28.5 Å². The van der Waals surface area contributed by atoms with Crippen molar-refractivity contribution in [3.8, 4) is 0 Å². The number of ether oxygens (including phenoxy) is 2. The number of hydrogen-bond acceptors (Lipinski definition) is 5. The maximum absolute atomic E-state index is 13.5. The first-order chi connectivity index (χ1) is 16.6. The average Bonchev–Trinajstić information content (AvgIpc) is 3.39. The summed E-state index contributed by atoms with van der Waals surface area (Å²) in [4.78, 5) is 40.8. The number of morpholine rings is 1. The summed E-state index contributed by atoms with van der Waals surface area (Å²) in [5, 5.41) is 11.0. The molecule has 1 saturated heterocycles. The van der Waals surface area contributed by atoms with Gasteiger partial charge in [0, 0.05) is 18.4 Å². The topological polar surface area (TPSA) is 93.1 Å². The van der Waals surface area contributed by atoms with Crippen LogP contribution in [-0.4, -0.2) is 60.3 Å². The Morgan fingerprint density at radius 3 is 2.63 bits per heavy atom. The summed E-state index contributed by atoms with van der Waals surface area (Å²) >= 11 is 0. The molecule has 1 aliphatic heterocycles. The molecule has 194 valence electrons. The number of allylic oxidation sites excluding steroid dienone is 1. The van der Waals surface area contributed by atoms with Gasteiger partial charge in [0.05, 0.1) is 24.7 Å². The third-order valence-electron chi connectivity index (χ3n) is 10.5. The lowest BCUT2D eigenvalue weighted by Gasteiger charge is -2.58. The predicted molar refractivity (Wildman–Crippen MR) is 129 cm³/mol. The molecule has 1 heterocycles. The molecule has 4 bridgehead atoms. The molecule has 9 atom stereocenters. The summed E-state index contributed by atoms with van der Waals surface area (Å²) in [6.45, 7) is 11.3. The molecule has 4 fully saturated rings. The van der Waals surface area contributed by atoms with Gasteiger partial charge >= 0.3 is 5.97 Å². The van der Waals surface area contributed by atoms with Crippen LogP contribution in [-0.2, 0) is 23.9 Å². The third-order valence-corrected chi connectivity index (χ3v) is 10.5. The number of carbonyl (C=O) groups excluding carboxylic acids is 2. The fraction of sp³-hybridized carbons (Fsp3) is 0.821. The Balaban J connectivity index is 1.54. The van der Waals surface area contributed by atoms with Crippen molar-refractivity contribution in [2.75, 3.05) is 19.7 Å². The number of carboxylic acid groups (broad SMARTS) is 1. The van der Waals surface area contributed by atoms with Gasteiger partial charge < -0.3 is 24.3 Å². The molecule has 0 aromatic carbocycles. The Morgan fingerprint density at radius 2 is 2.00 bits per heavy atom. The van der Waals surface area contributed by atoms with Crippen LogP contribution < -0.4 is 0 Å². The number of aldehydes is 1. The van der Waals surface area contributed by atoms with Crippen LogP contribution in [0.1, 0.15) is 66.7 Å². The summed E-state index contributed by atoms with van der Waals surface area (Å²) in [5.74, 6) is 0.127.